The van der Waals surface area contributed by atoms with Gasteiger partial charge in [0, 0.05) is 23.1 Å². The van der Waals surface area contributed by atoms with Gasteiger partial charge < -0.3 is 9.47 Å². The average Bonchev–Trinajstić information content (AvgIpc) is 3.09. The van der Waals surface area contributed by atoms with E-state index in [0.29, 0.717) is 19.0 Å². The molecule has 0 unspecified atom stereocenters. The number of para-hydroxylation sites is 1. The molecule has 162 valence electrons. The third kappa shape index (κ3) is 4.11. The average molecular weight is 423 g/mol. The Balaban J connectivity index is 1.87. The van der Waals surface area contributed by atoms with Gasteiger partial charge in [0.25, 0.3) is 5.91 Å². The van der Waals surface area contributed by atoms with Crippen LogP contribution < -0.4 is 4.90 Å². The number of hydrogen-bond acceptors (Lipinski definition) is 1. The predicted molar refractivity (Wildman–Crippen MR) is 134 cm³/mol. The van der Waals surface area contributed by atoms with E-state index in [1.807, 2.05) is 59.5 Å². The van der Waals surface area contributed by atoms with Gasteiger partial charge in [0.1, 0.15) is 5.69 Å². The molecule has 0 bridgehead atoms. The van der Waals surface area contributed by atoms with Gasteiger partial charge in [-0.25, -0.2) is 0 Å². The first-order valence-corrected chi connectivity index (χ1v) is 11.2. The second kappa shape index (κ2) is 9.27. The summed E-state index contributed by atoms with van der Waals surface area (Å²) in [6.45, 7) is 11.5. The summed E-state index contributed by atoms with van der Waals surface area (Å²) in [5.41, 5.74) is 6.07. The summed E-state index contributed by atoms with van der Waals surface area (Å²) in [4.78, 5) is 16.0. The minimum atomic E-state index is 0.00157. The zero-order chi connectivity index (χ0) is 22.7. The number of nitrogens with zero attached hydrogens (tertiary/aromatic N) is 2. The Morgan fingerprint density at radius 1 is 1.00 bits per heavy atom. The lowest BCUT2D eigenvalue weighted by Gasteiger charge is -2.24. The maximum atomic E-state index is 14.1. The molecule has 1 aromatic heterocycles. The van der Waals surface area contributed by atoms with Crippen molar-refractivity contribution in [2.75, 3.05) is 4.90 Å². The fourth-order valence-corrected chi connectivity index (χ4v) is 4.28. The number of fused-ring (bicyclic) bond motifs is 1. The third-order valence-corrected chi connectivity index (χ3v) is 6.02. The molecule has 1 amide bonds. The van der Waals surface area contributed by atoms with Crippen molar-refractivity contribution in [3.63, 3.8) is 0 Å². The Labute approximate surface area is 190 Å². The van der Waals surface area contributed by atoms with Crippen molar-refractivity contribution in [1.29, 1.82) is 0 Å². The number of hydrogen-bond donors (Lipinski definition) is 0. The molecule has 0 aliphatic rings. The van der Waals surface area contributed by atoms with Crippen LogP contribution in [0.25, 0.3) is 10.9 Å². The smallest absolute Gasteiger partial charge is 0.275 e. The van der Waals surface area contributed by atoms with E-state index in [1.54, 1.807) is 0 Å². The molecule has 0 aliphatic heterocycles. The Morgan fingerprint density at radius 2 is 1.66 bits per heavy atom. The molecule has 3 nitrogen and oxygen atoms in total. The number of allylic oxidation sites excluding steroid dienone is 1. The summed E-state index contributed by atoms with van der Waals surface area (Å²) in [6, 6.07) is 26.6. The number of carbonyl (C=O) groups is 1. The van der Waals surface area contributed by atoms with Gasteiger partial charge in [-0.15, -0.1) is 6.58 Å². The molecule has 0 spiro atoms. The van der Waals surface area contributed by atoms with Crippen LogP contribution in [0.5, 0.6) is 0 Å². The minimum absolute atomic E-state index is 0.00157. The summed E-state index contributed by atoms with van der Waals surface area (Å²) in [7, 11) is 0. The van der Waals surface area contributed by atoms with E-state index >= 15 is 0 Å². The molecule has 3 heteroatoms. The highest BCUT2D eigenvalue weighted by atomic mass is 16.2. The number of anilines is 1. The van der Waals surface area contributed by atoms with Crippen LogP contribution in [0.2, 0.25) is 0 Å². The number of amides is 1. The first kappa shape index (κ1) is 21.6. The monoisotopic (exact) mass is 422 g/mol. The van der Waals surface area contributed by atoms with E-state index in [4.69, 9.17) is 0 Å². The zero-order valence-electron chi connectivity index (χ0n) is 19.1. The molecule has 0 saturated carbocycles. The molecule has 0 atom stereocenters. The molecule has 0 saturated heterocycles. The highest BCUT2D eigenvalue weighted by molar-refractivity contribution is 6.09. The summed E-state index contributed by atoms with van der Waals surface area (Å²) >= 11 is 0. The first-order valence-electron chi connectivity index (χ1n) is 11.2. The number of rotatable bonds is 7. The van der Waals surface area contributed by atoms with E-state index < -0.39 is 0 Å². The van der Waals surface area contributed by atoms with Crippen LogP contribution in [0.1, 0.15) is 46.9 Å². The maximum Gasteiger partial charge on any atom is 0.275 e. The molecule has 32 heavy (non-hydrogen) atoms. The molecule has 0 N–H and O–H groups in total. The first-order chi connectivity index (χ1) is 15.5. The van der Waals surface area contributed by atoms with Crippen LogP contribution in [-0.4, -0.2) is 10.5 Å². The molecule has 1 heterocycles. The molecule has 3 aromatic carbocycles. The lowest BCUT2D eigenvalue weighted by atomic mass is 10.0. The summed E-state index contributed by atoms with van der Waals surface area (Å²) < 4.78 is 2.10. The largest absolute Gasteiger partial charge is 0.332 e. The van der Waals surface area contributed by atoms with E-state index in [-0.39, 0.29) is 5.91 Å². The number of aryl methyl sites for hydroxylation is 1. The highest BCUT2D eigenvalue weighted by Gasteiger charge is 2.26. The molecule has 4 rings (SSSR count). The predicted octanol–water partition coefficient (Wildman–Crippen LogP) is 7.11. The number of carbonyl (C=O) groups excluding carboxylic acids is 1. The minimum Gasteiger partial charge on any atom is -0.332 e. The number of aromatic nitrogens is 1. The molecular weight excluding hydrogens is 392 g/mol. The highest BCUT2D eigenvalue weighted by Crippen LogP contribution is 2.31. The van der Waals surface area contributed by atoms with Crippen molar-refractivity contribution < 1.29 is 4.79 Å². The van der Waals surface area contributed by atoms with Crippen LogP contribution in [-0.2, 0) is 13.1 Å². The lowest BCUT2D eigenvalue weighted by molar-refractivity contribution is 0.0976. The van der Waals surface area contributed by atoms with Crippen molar-refractivity contribution in [2.45, 2.75) is 39.8 Å². The normalized spacial score (nSPS) is 11.1. The van der Waals surface area contributed by atoms with Gasteiger partial charge in [0.2, 0.25) is 0 Å². The molecular formula is C29H30N2O. The fourth-order valence-electron chi connectivity index (χ4n) is 4.28. The van der Waals surface area contributed by atoms with Gasteiger partial charge in [-0.3, -0.25) is 4.79 Å². The van der Waals surface area contributed by atoms with Gasteiger partial charge in [-0.05, 0) is 53.8 Å². The van der Waals surface area contributed by atoms with Crippen molar-refractivity contribution in [2.24, 2.45) is 0 Å². The second-order valence-electron chi connectivity index (χ2n) is 8.52. The van der Waals surface area contributed by atoms with Crippen molar-refractivity contribution in [3.05, 3.63) is 114 Å². The van der Waals surface area contributed by atoms with Gasteiger partial charge in [0.05, 0.1) is 6.54 Å². The molecule has 4 aromatic rings. The molecule has 0 radical (unpaired) electrons. The topological polar surface area (TPSA) is 25.2 Å². The summed E-state index contributed by atoms with van der Waals surface area (Å²) in [5, 5.41) is 1.13. The zero-order valence-corrected chi connectivity index (χ0v) is 19.1. The second-order valence-corrected chi connectivity index (χ2v) is 8.52. The molecule has 0 aliphatic carbocycles. The van der Waals surface area contributed by atoms with Crippen molar-refractivity contribution >= 4 is 22.5 Å². The Bertz CT molecular complexity index is 1240. The Kier molecular flexibility index (Phi) is 6.27. The van der Waals surface area contributed by atoms with E-state index in [1.165, 1.54) is 5.56 Å². The van der Waals surface area contributed by atoms with Crippen molar-refractivity contribution in [1.82, 2.24) is 4.57 Å². The summed E-state index contributed by atoms with van der Waals surface area (Å²) in [6.07, 6.45) is 1.86. The van der Waals surface area contributed by atoms with E-state index in [2.05, 4.69) is 62.2 Å². The SMILES string of the molecule is C=CCn1c(C(=O)N(Cc2ccccc2)c2ccccc2)c(C)c2cc(C(C)C)ccc21. The van der Waals surface area contributed by atoms with Gasteiger partial charge in [0.15, 0.2) is 0 Å². The fraction of sp³-hybridized carbons (Fsp3) is 0.207. The standard InChI is InChI=1S/C29H30N2O/c1-5-18-30-27-17-16-24(21(2)3)19-26(27)22(4)28(30)29(32)31(25-14-10-7-11-15-25)20-23-12-8-6-9-13-23/h5-17,19,21H,1,18,20H2,2-4H3. The van der Waals surface area contributed by atoms with E-state index in [9.17, 15) is 4.79 Å². The Hall–Kier alpha value is -3.59. The van der Waals surface area contributed by atoms with Gasteiger partial charge in [-0.2, -0.15) is 0 Å². The van der Waals surface area contributed by atoms with Crippen LogP contribution in [0.4, 0.5) is 5.69 Å². The van der Waals surface area contributed by atoms with Crippen molar-refractivity contribution in [3.8, 4) is 0 Å². The van der Waals surface area contributed by atoms with Crippen LogP contribution in [0, 0.1) is 6.92 Å². The quantitative estimate of drug-likeness (QED) is 0.291. The van der Waals surface area contributed by atoms with Crippen LogP contribution >= 0.6 is 0 Å². The van der Waals surface area contributed by atoms with Gasteiger partial charge in [-0.1, -0.05) is 74.5 Å². The molecule has 0 fully saturated rings. The van der Waals surface area contributed by atoms with E-state index in [0.717, 1.165) is 33.4 Å². The van der Waals surface area contributed by atoms with Crippen LogP contribution in [0.3, 0.4) is 0 Å². The Morgan fingerprint density at radius 3 is 2.28 bits per heavy atom. The third-order valence-electron chi connectivity index (χ3n) is 6.02. The summed E-state index contributed by atoms with van der Waals surface area (Å²) in [5.74, 6) is 0.432. The lowest BCUT2D eigenvalue weighted by Crippen LogP contribution is -2.32. The number of benzene rings is 3. The maximum absolute atomic E-state index is 14.1. The van der Waals surface area contributed by atoms with Crippen LogP contribution in [0.15, 0.2) is 91.5 Å². The van der Waals surface area contributed by atoms with Gasteiger partial charge >= 0.3 is 0 Å².